The van der Waals surface area contributed by atoms with Gasteiger partial charge in [0.05, 0.1) is 24.5 Å². The predicted molar refractivity (Wildman–Crippen MR) is 171 cm³/mol. The van der Waals surface area contributed by atoms with Crippen molar-refractivity contribution in [3.05, 3.63) is 55.8 Å². The zero-order valence-corrected chi connectivity index (χ0v) is 27.2. The first-order valence-electron chi connectivity index (χ1n) is 15.2. The molecule has 5 rings (SSSR count). The summed E-state index contributed by atoms with van der Waals surface area (Å²) in [7, 11) is -2.36. The van der Waals surface area contributed by atoms with Crippen LogP contribution in [0.25, 0.3) is 10.8 Å². The minimum absolute atomic E-state index is 0.0450. The van der Waals surface area contributed by atoms with Gasteiger partial charge in [-0.15, -0.1) is 6.58 Å². The molecular formula is C32H39N5O9S. The Morgan fingerprint density at radius 3 is 2.51 bits per heavy atom. The van der Waals surface area contributed by atoms with Gasteiger partial charge in [-0.2, -0.15) is 0 Å². The highest BCUT2D eigenvalue weighted by atomic mass is 32.2. The molecule has 0 radical (unpaired) electrons. The molecule has 2 aliphatic carbocycles. The summed E-state index contributed by atoms with van der Waals surface area (Å²) in [4.78, 5) is 59.1. The van der Waals surface area contributed by atoms with Gasteiger partial charge in [-0.1, -0.05) is 12.7 Å². The van der Waals surface area contributed by atoms with E-state index in [4.69, 9.17) is 9.47 Å². The molecule has 5 atom stereocenters. The highest BCUT2D eigenvalue weighted by molar-refractivity contribution is 7.91. The van der Waals surface area contributed by atoms with Crippen molar-refractivity contribution < 1.29 is 42.2 Å². The third-order valence-corrected chi connectivity index (χ3v) is 10.6. The molecule has 2 aromatic rings. The lowest BCUT2D eigenvalue weighted by atomic mass is 9.97. The van der Waals surface area contributed by atoms with Crippen LogP contribution in [0.5, 0.6) is 11.6 Å². The first kappa shape index (κ1) is 33.9. The molecule has 4 N–H and O–H groups in total. The average Bonchev–Trinajstić information content (AvgIpc) is 3.95. The number of pyridine rings is 1. The van der Waals surface area contributed by atoms with E-state index in [1.165, 1.54) is 24.8 Å². The van der Waals surface area contributed by atoms with Crippen LogP contribution >= 0.6 is 0 Å². The summed E-state index contributed by atoms with van der Waals surface area (Å²) in [6, 6.07) is 4.39. The Balaban J connectivity index is 1.44. The van der Waals surface area contributed by atoms with Gasteiger partial charge in [0.15, 0.2) is 0 Å². The normalized spacial score (nSPS) is 24.5. The Labute approximate surface area is 272 Å². The summed E-state index contributed by atoms with van der Waals surface area (Å²) >= 11 is 0. The molecular weight excluding hydrogens is 630 g/mol. The van der Waals surface area contributed by atoms with Crippen molar-refractivity contribution in [2.24, 2.45) is 5.92 Å². The number of hydrogen-bond donors (Lipinski definition) is 4. The number of sulfonamides is 1. The fraction of sp³-hybridized carbons (Fsp3) is 0.469. The van der Waals surface area contributed by atoms with Crippen molar-refractivity contribution in [3.63, 3.8) is 0 Å². The van der Waals surface area contributed by atoms with Crippen LogP contribution in [0, 0.1) is 5.92 Å². The number of carbonyl (C=O) groups excluding carboxylic acids is 4. The maximum absolute atomic E-state index is 14.0. The van der Waals surface area contributed by atoms with Crippen molar-refractivity contribution in [3.8, 4) is 11.6 Å². The number of carbonyl (C=O) groups is 4. The zero-order chi connectivity index (χ0) is 34.3. The van der Waals surface area contributed by atoms with Gasteiger partial charge in [0.25, 0.3) is 5.91 Å². The number of rotatable bonds is 13. The summed E-state index contributed by atoms with van der Waals surface area (Å²) in [5, 5.41) is 16.8. The van der Waals surface area contributed by atoms with Gasteiger partial charge < -0.3 is 30.1 Å². The van der Waals surface area contributed by atoms with Gasteiger partial charge in [0.1, 0.15) is 29.5 Å². The third-order valence-electron chi connectivity index (χ3n) is 8.74. The Hall–Kier alpha value is -4.50. The number of amides is 4. The van der Waals surface area contributed by atoms with E-state index in [-0.39, 0.29) is 25.3 Å². The molecule has 3 aliphatic rings. The topological polar surface area (TPSA) is 193 Å². The number of hydrogen-bond acceptors (Lipinski definition) is 10. The molecule has 2 heterocycles. The summed E-state index contributed by atoms with van der Waals surface area (Å²) in [6.07, 6.45) is 4.14. The molecule has 1 aliphatic heterocycles. The Kier molecular flexibility index (Phi) is 9.08. The summed E-state index contributed by atoms with van der Waals surface area (Å²) in [5.74, 6) is -2.79. The van der Waals surface area contributed by atoms with Crippen molar-refractivity contribution in [1.82, 2.24) is 25.2 Å². The van der Waals surface area contributed by atoms with Crippen LogP contribution < -0.4 is 24.8 Å². The molecule has 252 valence electrons. The van der Waals surface area contributed by atoms with Crippen LogP contribution in [0.3, 0.4) is 0 Å². The number of ether oxygens (including phenoxy) is 2. The molecule has 14 nitrogen and oxygen atoms in total. The summed E-state index contributed by atoms with van der Waals surface area (Å²) in [6.45, 7) is 9.66. The first-order valence-corrected chi connectivity index (χ1v) is 16.7. The Morgan fingerprint density at radius 1 is 1.19 bits per heavy atom. The van der Waals surface area contributed by atoms with E-state index >= 15 is 0 Å². The van der Waals surface area contributed by atoms with Crippen molar-refractivity contribution in [2.75, 3.05) is 13.7 Å². The molecule has 2 saturated carbocycles. The van der Waals surface area contributed by atoms with Crippen LogP contribution in [0.15, 0.2) is 55.8 Å². The number of benzene rings is 1. The molecule has 3 fully saturated rings. The monoisotopic (exact) mass is 669 g/mol. The number of nitrogens with zero attached hydrogens (tertiary/aromatic N) is 2. The molecule has 1 aromatic heterocycles. The maximum Gasteiger partial charge on any atom is 0.259 e. The fourth-order valence-corrected chi connectivity index (χ4v) is 7.17. The van der Waals surface area contributed by atoms with E-state index in [1.807, 2.05) is 0 Å². The smallest absolute Gasteiger partial charge is 0.259 e. The van der Waals surface area contributed by atoms with Crippen LogP contribution in [-0.4, -0.2) is 95.3 Å². The second-order valence-electron chi connectivity index (χ2n) is 12.7. The van der Waals surface area contributed by atoms with E-state index in [2.05, 4.69) is 33.5 Å². The van der Waals surface area contributed by atoms with E-state index in [1.54, 1.807) is 37.6 Å². The van der Waals surface area contributed by atoms with Crippen molar-refractivity contribution in [1.29, 1.82) is 0 Å². The highest BCUT2D eigenvalue weighted by Gasteiger charge is 2.62. The van der Waals surface area contributed by atoms with E-state index in [9.17, 15) is 32.7 Å². The summed E-state index contributed by atoms with van der Waals surface area (Å²) in [5.41, 5.74) is -3.34. The van der Waals surface area contributed by atoms with Gasteiger partial charge in [0, 0.05) is 23.9 Å². The maximum atomic E-state index is 14.0. The van der Waals surface area contributed by atoms with Gasteiger partial charge in [0.2, 0.25) is 33.6 Å². The van der Waals surface area contributed by atoms with E-state index in [0.29, 0.717) is 24.0 Å². The van der Waals surface area contributed by atoms with Gasteiger partial charge in [-0.25, -0.2) is 13.4 Å². The number of methoxy groups -OCH3 is 1. The minimum Gasteiger partial charge on any atom is -0.497 e. The van der Waals surface area contributed by atoms with E-state index in [0.717, 1.165) is 11.5 Å². The highest BCUT2D eigenvalue weighted by Crippen LogP contribution is 2.45. The molecule has 0 unspecified atom stereocenters. The molecule has 0 bridgehead atoms. The summed E-state index contributed by atoms with van der Waals surface area (Å²) < 4.78 is 38.8. The number of likely N-dealkylation sites (tertiary alicyclic amines) is 1. The Bertz CT molecular complexity index is 1740. The molecule has 4 amide bonds. The number of aliphatic hydroxyl groups is 1. The number of aromatic nitrogens is 1. The second-order valence-corrected chi connectivity index (χ2v) is 14.6. The van der Waals surface area contributed by atoms with Crippen LogP contribution in [0.4, 0.5) is 0 Å². The van der Waals surface area contributed by atoms with Crippen LogP contribution in [0.2, 0.25) is 0 Å². The van der Waals surface area contributed by atoms with Crippen LogP contribution in [0.1, 0.15) is 39.5 Å². The standard InChI is InChI=1S/C32H39N5O9S/c1-6-19-16-32(19,30(41)36-47(43,44)22-9-10-22)35-27(39)24-15-21(17-37(24)29(40)26(31(3,4)42)34-25(38)7-2)46-28-23-11-8-20(45-5)14-18(23)12-13-33-28/h6-8,11-14,19,21-22,24,26,42H,1-2,9-10,15-17H2,3-5H3,(H,34,38)(H,35,39)(H,36,41)/t19-,21-,24+,26-,32-/m1/s1. The third kappa shape index (κ3) is 6.95. The van der Waals surface area contributed by atoms with Crippen molar-refractivity contribution in [2.45, 2.75) is 74.1 Å². The second kappa shape index (κ2) is 12.6. The molecule has 15 heteroatoms. The largest absolute Gasteiger partial charge is 0.497 e. The lowest BCUT2D eigenvalue weighted by molar-refractivity contribution is -0.146. The predicted octanol–water partition coefficient (Wildman–Crippen LogP) is 0.703. The quantitative estimate of drug-likeness (QED) is 0.174. The number of nitrogens with one attached hydrogen (secondary N) is 3. The van der Waals surface area contributed by atoms with Gasteiger partial charge in [-0.3, -0.25) is 23.9 Å². The SMILES string of the molecule is C=CC(=O)N[C@H](C(=O)N1C[C@H](Oc2nccc3cc(OC)ccc23)C[C@H]1C(=O)N[C@]1(C(=O)NS(=O)(=O)C2CC2)C[C@H]1C=C)C(C)(C)O. The lowest BCUT2D eigenvalue weighted by Crippen LogP contribution is -2.62. The number of fused-ring (bicyclic) bond motifs is 1. The van der Waals surface area contributed by atoms with Gasteiger partial charge in [-0.05, 0) is 68.8 Å². The first-order chi connectivity index (χ1) is 22.1. The molecule has 47 heavy (non-hydrogen) atoms. The molecule has 1 saturated heterocycles. The van der Waals surface area contributed by atoms with Gasteiger partial charge >= 0.3 is 0 Å². The molecule has 0 spiro atoms. The Morgan fingerprint density at radius 2 is 1.91 bits per heavy atom. The average molecular weight is 670 g/mol. The molecule has 1 aromatic carbocycles. The van der Waals surface area contributed by atoms with Crippen molar-refractivity contribution >= 4 is 44.4 Å². The zero-order valence-electron chi connectivity index (χ0n) is 26.4. The van der Waals surface area contributed by atoms with E-state index < -0.39 is 74.1 Å². The minimum atomic E-state index is -3.91. The van der Waals surface area contributed by atoms with Crippen LogP contribution in [-0.2, 0) is 29.2 Å². The fourth-order valence-electron chi connectivity index (χ4n) is 5.81. The lowest BCUT2D eigenvalue weighted by Gasteiger charge is -2.34.